The lowest BCUT2D eigenvalue weighted by Crippen LogP contribution is -2.69. The zero-order chi connectivity index (χ0) is 68.9. The van der Waals surface area contributed by atoms with E-state index >= 15 is 4.79 Å². The summed E-state index contributed by atoms with van der Waals surface area (Å²) in [4.78, 5) is 107. The number of ether oxygens (including phenoxy) is 10. The molecule has 502 valence electrons. The second kappa shape index (κ2) is 34.4. The second-order valence-corrected chi connectivity index (χ2v) is 23.9. The highest BCUT2D eigenvalue weighted by atomic mass is 35.5. The molecule has 20 nitrogen and oxygen atoms in total. The molecule has 0 spiro atoms. The molecule has 0 amide bonds. The molecule has 0 aromatic heterocycles. The van der Waals surface area contributed by atoms with E-state index in [2.05, 4.69) is 10.6 Å². The first-order chi connectivity index (χ1) is 48.3. The van der Waals surface area contributed by atoms with Crippen molar-refractivity contribution in [1.82, 2.24) is 5.32 Å². The SMILES string of the molecule is O=C(OC[C@H]1O[C@@H](O[C@H]2[C@H](OC(=O)c3ccccc3)[C@@H](OC(=O)c3ccccc3)[C@H](N/C(=N/C(=S)Nc3cccc(Cl)c3)SCc3ccccc3)O[C@@H]2COC(=O)c2ccccc2)[C@H](OC(=O)c2ccccc2)[C@@H](OC(=O)c2ccccc2)[C@H]1OC(=O)c1ccccc1)c1ccccc1. The van der Waals surface area contributed by atoms with Gasteiger partial charge in [0.05, 0.1) is 38.9 Å². The van der Waals surface area contributed by atoms with Crippen LogP contribution in [0.4, 0.5) is 5.69 Å². The summed E-state index contributed by atoms with van der Waals surface area (Å²) in [7, 11) is 0. The van der Waals surface area contributed by atoms with Crippen LogP contribution in [0, 0.1) is 0 Å². The predicted octanol–water partition coefficient (Wildman–Crippen LogP) is 12.6. The number of anilines is 1. The van der Waals surface area contributed by atoms with E-state index in [1.54, 1.807) is 152 Å². The van der Waals surface area contributed by atoms with E-state index in [0.29, 0.717) is 10.7 Å². The molecule has 0 saturated carbocycles. The van der Waals surface area contributed by atoms with Gasteiger partial charge in [-0.15, -0.1) is 0 Å². The summed E-state index contributed by atoms with van der Waals surface area (Å²) in [6, 6.07) is 71.0. The topological polar surface area (TPSA) is 248 Å². The van der Waals surface area contributed by atoms with Gasteiger partial charge in [0.25, 0.3) is 0 Å². The zero-order valence-corrected chi connectivity index (χ0v) is 54.8. The van der Waals surface area contributed by atoms with E-state index in [4.69, 9.17) is 76.2 Å². The van der Waals surface area contributed by atoms with Gasteiger partial charge in [-0.05, 0) is 121 Å². The first kappa shape index (κ1) is 69.5. The Balaban J connectivity index is 1.09. The molecule has 2 heterocycles. The number of halogens is 1. The minimum absolute atomic E-state index is 0.00360. The van der Waals surface area contributed by atoms with E-state index < -0.39 is 116 Å². The fraction of sp³-hybridized carbons (Fsp3) is 0.171. The molecule has 2 aliphatic heterocycles. The number of thiocarbonyl (C=S) groups is 1. The second-order valence-electron chi connectivity index (χ2n) is 22.1. The van der Waals surface area contributed by atoms with Crippen LogP contribution in [0.25, 0.3) is 0 Å². The Morgan fingerprint density at radius 1 is 0.404 bits per heavy atom. The van der Waals surface area contributed by atoms with Gasteiger partial charge in [0.2, 0.25) is 0 Å². The van der Waals surface area contributed by atoms with Gasteiger partial charge >= 0.3 is 41.8 Å². The summed E-state index contributed by atoms with van der Waals surface area (Å²) in [5.74, 6) is -6.43. The first-order valence-electron chi connectivity index (χ1n) is 31.1. The molecule has 0 unspecified atom stereocenters. The Morgan fingerprint density at radius 2 is 0.758 bits per heavy atom. The average molecular weight is 1390 g/mol. The summed E-state index contributed by atoms with van der Waals surface area (Å²) < 4.78 is 65.6. The fourth-order valence-electron chi connectivity index (χ4n) is 10.5. The third-order valence-corrected chi connectivity index (χ3v) is 16.7. The summed E-state index contributed by atoms with van der Waals surface area (Å²) in [6.45, 7) is -1.53. The van der Waals surface area contributed by atoms with Gasteiger partial charge in [-0.3, -0.25) is 0 Å². The molecule has 2 fully saturated rings. The normalized spacial score (nSPS) is 20.3. The first-order valence-corrected chi connectivity index (χ1v) is 32.9. The van der Waals surface area contributed by atoms with Crippen LogP contribution in [0.1, 0.15) is 78.1 Å². The predicted molar refractivity (Wildman–Crippen MR) is 370 cm³/mol. The number of thioether (sulfide) groups is 1. The summed E-state index contributed by atoms with van der Waals surface area (Å²) in [5, 5.41) is 6.75. The van der Waals surface area contributed by atoms with Crippen LogP contribution in [-0.2, 0) is 53.1 Å². The maximum absolute atomic E-state index is 15.1. The van der Waals surface area contributed by atoms with Crippen LogP contribution in [0.15, 0.2) is 272 Å². The molecule has 99 heavy (non-hydrogen) atoms. The molecule has 9 aromatic rings. The van der Waals surface area contributed by atoms with Crippen LogP contribution in [0.3, 0.4) is 0 Å². The third-order valence-electron chi connectivity index (χ3n) is 15.3. The maximum atomic E-state index is 15.1. The van der Waals surface area contributed by atoms with Crippen molar-refractivity contribution in [3.05, 3.63) is 316 Å². The van der Waals surface area contributed by atoms with Crippen LogP contribution in [-0.4, -0.2) is 127 Å². The molecule has 9 aromatic carbocycles. The van der Waals surface area contributed by atoms with Gasteiger partial charge in [0.1, 0.15) is 31.5 Å². The van der Waals surface area contributed by atoms with Crippen LogP contribution in [0.2, 0.25) is 5.02 Å². The van der Waals surface area contributed by atoms with Crippen molar-refractivity contribution in [2.75, 3.05) is 18.5 Å². The number of benzene rings is 9. The average Bonchev–Trinajstić information content (AvgIpc) is 0.763. The molecule has 11 rings (SSSR count). The van der Waals surface area contributed by atoms with Crippen molar-refractivity contribution < 1.29 is 80.9 Å². The Kier molecular flexibility index (Phi) is 24.1. The molecule has 2 aliphatic rings. The lowest BCUT2D eigenvalue weighted by molar-refractivity contribution is -0.339. The van der Waals surface area contributed by atoms with Gasteiger partial charge < -0.3 is 58.0 Å². The van der Waals surface area contributed by atoms with Gasteiger partial charge in [-0.25, -0.2) is 33.6 Å². The Morgan fingerprint density at radius 3 is 1.17 bits per heavy atom. The van der Waals surface area contributed by atoms with Crippen molar-refractivity contribution in [2.45, 2.75) is 67.1 Å². The molecule has 0 bridgehead atoms. The van der Waals surface area contributed by atoms with Crippen LogP contribution < -0.4 is 10.6 Å². The van der Waals surface area contributed by atoms with E-state index in [-0.39, 0.29) is 55.0 Å². The quantitative estimate of drug-likeness (QED) is 0.0210. The number of nitrogens with zero attached hydrogens (tertiary/aromatic N) is 1. The smallest absolute Gasteiger partial charge is 0.338 e. The number of hydrogen-bond donors (Lipinski definition) is 2. The molecule has 10 atom stereocenters. The molecule has 2 N–H and O–H groups in total. The van der Waals surface area contributed by atoms with Crippen molar-refractivity contribution in [3.63, 3.8) is 0 Å². The molecule has 0 aliphatic carbocycles. The van der Waals surface area contributed by atoms with E-state index in [1.165, 1.54) is 84.9 Å². The Labute approximate surface area is 583 Å². The third kappa shape index (κ3) is 19.0. The van der Waals surface area contributed by atoms with Gasteiger partial charge in [0, 0.05) is 16.5 Å². The number of esters is 7. The number of carbonyl (C=O) groups excluding carboxylic acids is 7. The van der Waals surface area contributed by atoms with E-state index in [9.17, 15) is 28.8 Å². The van der Waals surface area contributed by atoms with Crippen LogP contribution >= 0.6 is 35.6 Å². The number of aliphatic imine (C=N–C) groups is 1. The lowest BCUT2D eigenvalue weighted by Gasteiger charge is -2.49. The minimum Gasteiger partial charge on any atom is -0.459 e. The van der Waals surface area contributed by atoms with Crippen molar-refractivity contribution in [3.8, 4) is 0 Å². The highest BCUT2D eigenvalue weighted by molar-refractivity contribution is 8.13. The van der Waals surface area contributed by atoms with Gasteiger partial charge in [0.15, 0.2) is 53.3 Å². The highest BCUT2D eigenvalue weighted by Crippen LogP contribution is 2.37. The molecule has 0 radical (unpaired) electrons. The zero-order valence-electron chi connectivity index (χ0n) is 52.4. The minimum atomic E-state index is -2.12. The monoisotopic (exact) mass is 1390 g/mol. The molecular weight excluding hydrogens is 1330 g/mol. The number of nitrogens with one attached hydrogen (secondary N) is 2. The Hall–Kier alpha value is -10.9. The number of carbonyl (C=O) groups is 7. The van der Waals surface area contributed by atoms with Crippen molar-refractivity contribution in [1.29, 1.82) is 0 Å². The van der Waals surface area contributed by atoms with Gasteiger partial charge in [-0.1, -0.05) is 187 Å². The summed E-state index contributed by atoms with van der Waals surface area (Å²) >= 11 is 13.4. The van der Waals surface area contributed by atoms with Gasteiger partial charge in [-0.2, -0.15) is 4.99 Å². The maximum Gasteiger partial charge on any atom is 0.338 e. The number of hydrogen-bond acceptors (Lipinski definition) is 19. The molecule has 23 heteroatoms. The van der Waals surface area contributed by atoms with Crippen molar-refractivity contribution >= 4 is 93.3 Å². The fourth-order valence-corrected chi connectivity index (χ4v) is 11.8. The highest BCUT2D eigenvalue weighted by Gasteiger charge is 2.58. The molecule has 2 saturated heterocycles. The standard InChI is InChI=1S/C76H62ClN3O17S2/c77-56-42-25-43-57(44-56)78-75(98)80-76(99-47-48-26-9-1-10-27-48)79-66-64(95-72(86)54-38-21-7-22-39-54)62(93-70(84)52-34-17-5-18-35-52)61(58(90-66)45-88-67(81)49-28-11-2-12-29-49)97-74-65(96-73(87)55-40-23-8-24-41-55)63(94-71(85)53-36-19-6-20-37-53)60(92-69(83)51-32-15-4-16-33-51)59(91-74)46-89-68(82)50-30-13-3-14-31-50/h1-44,58-66,74H,45-47H2,(H2,78,79,80,98)/t58-,59-,60+,61-,62+,63+,64-,65-,66-,74+/m1/s1. The van der Waals surface area contributed by atoms with E-state index in [0.717, 1.165) is 17.3 Å². The summed E-state index contributed by atoms with van der Waals surface area (Å²) in [6.07, 6.45) is -18.7. The van der Waals surface area contributed by atoms with E-state index in [1.807, 2.05) is 30.3 Å². The number of amidine groups is 1. The van der Waals surface area contributed by atoms with Crippen LogP contribution in [0.5, 0.6) is 0 Å². The Bertz CT molecular complexity index is 4260. The van der Waals surface area contributed by atoms with Crippen molar-refractivity contribution in [2.24, 2.45) is 4.99 Å². The largest absolute Gasteiger partial charge is 0.459 e. The molecular formula is C76H62ClN3O17S2. The summed E-state index contributed by atoms with van der Waals surface area (Å²) in [5.41, 5.74) is 1.62. The number of rotatable bonds is 22. The lowest BCUT2D eigenvalue weighted by atomic mass is 9.95.